The third-order valence-electron chi connectivity index (χ3n) is 8.80. The Balaban J connectivity index is 0.000000218. The van der Waals surface area contributed by atoms with E-state index in [1.165, 1.54) is 51.4 Å². The fourth-order valence-electron chi connectivity index (χ4n) is 7.18. The van der Waals surface area contributed by atoms with E-state index in [0.717, 1.165) is 53.6 Å². The molecule has 236 valence electrons. The lowest BCUT2D eigenvalue weighted by molar-refractivity contribution is -0.176. The molecule has 4 fully saturated rings. The van der Waals surface area contributed by atoms with E-state index in [0.29, 0.717) is 11.7 Å². The standard InChI is InChI=1S/C17H21F3O2.C15H20O2.I2.HI/c18-17(19,20)11-21-10-14-2-1-3-15(9-14)22-16-7-12-4-5-13(6-12)8-16;16-10-13-2-1-3-14(9-13)17-15-7-11-4-5-12(6-11)8-15;1-2;/h1-3,9,12-13,16H,4-8,10-11H2;1-3,9,11-12,15-16H,4-8,10H2;;1H/t12-,13+,16?;11-,12+,15?;;. The molecule has 0 spiro atoms. The van der Waals surface area contributed by atoms with Crippen molar-refractivity contribution in [2.75, 3.05) is 6.61 Å². The lowest BCUT2D eigenvalue weighted by Gasteiger charge is -2.28. The van der Waals surface area contributed by atoms with Crippen LogP contribution in [-0.4, -0.2) is 30.1 Å². The van der Waals surface area contributed by atoms with Gasteiger partial charge < -0.3 is 19.3 Å². The minimum atomic E-state index is -4.28. The predicted octanol–water partition coefficient (Wildman–Crippen LogP) is 10.2. The normalized spacial score (nSPS) is 27.5. The first-order valence-corrected chi connectivity index (χ1v) is 21.0. The smallest absolute Gasteiger partial charge is 0.411 e. The molecule has 42 heavy (non-hydrogen) atoms. The number of benzene rings is 2. The van der Waals surface area contributed by atoms with Gasteiger partial charge in [0.2, 0.25) is 0 Å². The lowest BCUT2D eigenvalue weighted by Crippen LogP contribution is -2.26. The summed E-state index contributed by atoms with van der Waals surface area (Å²) in [6.07, 6.45) is 9.22. The van der Waals surface area contributed by atoms with Crippen LogP contribution in [0.1, 0.15) is 75.3 Å². The Hall–Kier alpha value is -0.0600. The van der Waals surface area contributed by atoms with E-state index in [4.69, 9.17) is 19.3 Å². The van der Waals surface area contributed by atoms with E-state index in [1.54, 1.807) is 18.2 Å². The van der Waals surface area contributed by atoms with Crippen molar-refractivity contribution < 1.29 is 32.5 Å². The van der Waals surface area contributed by atoms with Gasteiger partial charge in [-0.3, -0.25) is 0 Å². The number of fused-ring (bicyclic) bond motifs is 4. The van der Waals surface area contributed by atoms with Crippen LogP contribution in [0.5, 0.6) is 11.5 Å². The van der Waals surface area contributed by atoms with Gasteiger partial charge in [-0.05, 0) is 97.6 Å². The topological polar surface area (TPSA) is 47.9 Å². The molecule has 0 saturated heterocycles. The molecule has 2 unspecified atom stereocenters. The van der Waals surface area contributed by atoms with Crippen molar-refractivity contribution >= 4 is 61.2 Å². The first-order chi connectivity index (χ1) is 19.8. The molecule has 10 heteroatoms. The summed E-state index contributed by atoms with van der Waals surface area (Å²) >= 11 is 4.24. The van der Waals surface area contributed by atoms with Crippen molar-refractivity contribution in [1.82, 2.24) is 0 Å². The molecule has 0 radical (unpaired) electrons. The molecule has 4 aliphatic rings. The monoisotopic (exact) mass is 928 g/mol. The first kappa shape index (κ1) is 36.4. The van der Waals surface area contributed by atoms with E-state index in [2.05, 4.69) is 37.2 Å². The number of hydrogen-bond donors (Lipinski definition) is 1. The van der Waals surface area contributed by atoms with Crippen LogP contribution in [-0.2, 0) is 18.0 Å². The summed E-state index contributed by atoms with van der Waals surface area (Å²) < 4.78 is 53.0. The van der Waals surface area contributed by atoms with Gasteiger partial charge >= 0.3 is 6.18 Å². The second kappa shape index (κ2) is 18.2. The number of aliphatic hydroxyl groups excluding tert-OH is 1. The number of halogens is 6. The first-order valence-electron chi connectivity index (χ1n) is 14.7. The summed E-state index contributed by atoms with van der Waals surface area (Å²) in [6, 6.07) is 15.0. The van der Waals surface area contributed by atoms with Gasteiger partial charge in [-0.1, -0.05) is 49.9 Å². The maximum atomic E-state index is 12.1. The molecule has 0 aliphatic heterocycles. The Bertz CT molecular complexity index is 1050. The maximum Gasteiger partial charge on any atom is 0.411 e. The van der Waals surface area contributed by atoms with Crippen molar-refractivity contribution in [3.8, 4) is 11.5 Å². The highest BCUT2D eigenvalue weighted by atomic mass is 128. The highest BCUT2D eigenvalue weighted by Gasteiger charge is 2.36. The fourth-order valence-corrected chi connectivity index (χ4v) is 7.18. The van der Waals surface area contributed by atoms with Gasteiger partial charge in [0.05, 0.1) is 25.4 Å². The summed E-state index contributed by atoms with van der Waals surface area (Å²) in [5.74, 6) is 5.05. The van der Waals surface area contributed by atoms with Gasteiger partial charge in [0.1, 0.15) is 18.1 Å². The van der Waals surface area contributed by atoms with Crippen LogP contribution in [0.25, 0.3) is 0 Å². The maximum absolute atomic E-state index is 12.1. The lowest BCUT2D eigenvalue weighted by atomic mass is 9.87. The van der Waals surface area contributed by atoms with Crippen LogP contribution in [0.15, 0.2) is 48.5 Å². The molecular weight excluding hydrogens is 886 g/mol. The molecule has 1 N–H and O–H groups in total. The molecule has 4 nitrogen and oxygen atoms in total. The number of rotatable bonds is 8. The van der Waals surface area contributed by atoms with Gasteiger partial charge in [0.25, 0.3) is 0 Å². The molecule has 4 aliphatic carbocycles. The zero-order chi connectivity index (χ0) is 29.2. The third-order valence-corrected chi connectivity index (χ3v) is 8.80. The number of aliphatic hydroxyl groups is 1. The Morgan fingerprint density at radius 3 is 1.55 bits per heavy atom. The quantitative estimate of drug-likeness (QED) is 0.268. The van der Waals surface area contributed by atoms with E-state index in [9.17, 15) is 13.2 Å². The number of hydrogen-bond acceptors (Lipinski definition) is 4. The minimum absolute atomic E-state index is 0. The van der Waals surface area contributed by atoms with E-state index < -0.39 is 12.8 Å². The Labute approximate surface area is 288 Å². The van der Waals surface area contributed by atoms with Gasteiger partial charge in [0.15, 0.2) is 0 Å². The zero-order valence-electron chi connectivity index (χ0n) is 23.7. The van der Waals surface area contributed by atoms with Gasteiger partial charge in [0, 0.05) is 37.2 Å². The minimum Gasteiger partial charge on any atom is -0.490 e. The molecule has 4 saturated carbocycles. The van der Waals surface area contributed by atoms with E-state index in [-0.39, 0.29) is 43.3 Å². The summed E-state index contributed by atoms with van der Waals surface area (Å²) in [6.45, 7) is -1.18. The van der Waals surface area contributed by atoms with Crippen LogP contribution >= 0.6 is 61.2 Å². The third kappa shape index (κ3) is 12.0. The Kier molecular flexibility index (Phi) is 15.8. The molecular formula is C32H42F3I3O4. The Morgan fingerprint density at radius 1 is 0.690 bits per heavy atom. The highest BCUT2D eigenvalue weighted by Crippen LogP contribution is 2.44. The summed E-state index contributed by atoms with van der Waals surface area (Å²) in [5.41, 5.74) is 1.64. The van der Waals surface area contributed by atoms with Gasteiger partial charge in [-0.15, -0.1) is 24.0 Å². The van der Waals surface area contributed by atoms with Crippen molar-refractivity contribution in [3.05, 3.63) is 59.7 Å². The predicted molar refractivity (Wildman–Crippen MR) is 187 cm³/mol. The van der Waals surface area contributed by atoms with E-state index in [1.807, 2.05) is 30.3 Å². The molecule has 0 amide bonds. The van der Waals surface area contributed by atoms with Gasteiger partial charge in [-0.2, -0.15) is 13.2 Å². The average Bonchev–Trinajstić information content (AvgIpc) is 3.48. The SMILES string of the molecule is FC(F)(F)COCc1cccc(OC2C[C@H]3CC[C@@H](C2)C3)c1.I.II.OCc1cccc(OC2C[C@H]3CC[C@@H](C2)C3)c1. The molecule has 2 aromatic rings. The number of alkyl halides is 3. The second-order valence-electron chi connectivity index (χ2n) is 12.1. The van der Waals surface area contributed by atoms with Crippen molar-refractivity contribution in [2.45, 2.75) is 95.8 Å². The average molecular weight is 928 g/mol. The highest BCUT2D eigenvalue weighted by molar-refractivity contribution is 15.0. The Morgan fingerprint density at radius 2 is 1.12 bits per heavy atom. The van der Waals surface area contributed by atoms with Crippen LogP contribution in [0, 0.1) is 23.7 Å². The van der Waals surface area contributed by atoms with Crippen LogP contribution in [0.3, 0.4) is 0 Å². The van der Waals surface area contributed by atoms with Crippen LogP contribution in [0.4, 0.5) is 13.2 Å². The summed E-state index contributed by atoms with van der Waals surface area (Å²) in [4.78, 5) is 0. The molecule has 0 aromatic heterocycles. The van der Waals surface area contributed by atoms with Crippen molar-refractivity contribution in [3.63, 3.8) is 0 Å². The van der Waals surface area contributed by atoms with Crippen LogP contribution < -0.4 is 9.47 Å². The zero-order valence-corrected chi connectivity index (χ0v) is 30.4. The molecule has 4 bridgehead atoms. The number of ether oxygens (including phenoxy) is 3. The second-order valence-corrected chi connectivity index (χ2v) is 12.1. The summed E-state index contributed by atoms with van der Waals surface area (Å²) in [7, 11) is 0. The molecule has 6 atom stereocenters. The van der Waals surface area contributed by atoms with Crippen LogP contribution in [0.2, 0.25) is 0 Å². The molecule has 6 rings (SSSR count). The van der Waals surface area contributed by atoms with Crippen molar-refractivity contribution in [1.29, 1.82) is 0 Å². The van der Waals surface area contributed by atoms with E-state index >= 15 is 0 Å². The molecule has 2 aromatic carbocycles. The van der Waals surface area contributed by atoms with Crippen molar-refractivity contribution in [2.24, 2.45) is 23.7 Å². The fraction of sp³-hybridized carbons (Fsp3) is 0.625. The largest absolute Gasteiger partial charge is 0.490 e. The summed E-state index contributed by atoms with van der Waals surface area (Å²) in [5, 5.41) is 9.11. The van der Waals surface area contributed by atoms with Gasteiger partial charge in [-0.25, -0.2) is 0 Å². The molecule has 0 heterocycles.